The minimum absolute atomic E-state index is 0.00729. The van der Waals surface area contributed by atoms with Crippen molar-refractivity contribution >= 4 is 29.6 Å². The third kappa shape index (κ3) is 4.48. The molecular formula is C16H18ClN3O5. The lowest BCUT2D eigenvalue weighted by molar-refractivity contribution is -0.139. The van der Waals surface area contributed by atoms with Crippen molar-refractivity contribution in [1.82, 2.24) is 15.6 Å². The van der Waals surface area contributed by atoms with Crippen LogP contribution < -0.4 is 10.6 Å². The van der Waals surface area contributed by atoms with Gasteiger partial charge >= 0.3 is 18.0 Å². The highest BCUT2D eigenvalue weighted by atomic mass is 35.5. The van der Waals surface area contributed by atoms with Crippen LogP contribution in [0.15, 0.2) is 29.6 Å². The normalized spacial score (nSPS) is 16.8. The third-order valence-electron chi connectivity index (χ3n) is 3.47. The smallest absolute Gasteiger partial charge is 0.341 e. The van der Waals surface area contributed by atoms with E-state index in [0.29, 0.717) is 6.42 Å². The Morgan fingerprint density at radius 3 is 2.68 bits per heavy atom. The van der Waals surface area contributed by atoms with Gasteiger partial charge in [-0.25, -0.2) is 19.4 Å². The molecule has 0 fully saturated rings. The second kappa shape index (κ2) is 8.48. The molecule has 0 saturated heterocycles. The van der Waals surface area contributed by atoms with Crippen LogP contribution in [-0.2, 0) is 14.3 Å². The second-order valence-electron chi connectivity index (χ2n) is 5.09. The highest BCUT2D eigenvalue weighted by molar-refractivity contribution is 6.32. The number of nitrogens with one attached hydrogen (secondary N) is 2. The first-order valence-corrected chi connectivity index (χ1v) is 8.11. The summed E-state index contributed by atoms with van der Waals surface area (Å²) in [4.78, 5) is 39.9. The lowest BCUT2D eigenvalue weighted by atomic mass is 10.0. The maximum Gasteiger partial charge on any atom is 0.341 e. The van der Waals surface area contributed by atoms with Crippen LogP contribution >= 0.6 is 11.6 Å². The van der Waals surface area contributed by atoms with E-state index in [1.165, 1.54) is 12.3 Å². The number of ether oxygens (including phenoxy) is 2. The molecule has 1 aromatic heterocycles. The van der Waals surface area contributed by atoms with Gasteiger partial charge in [-0.2, -0.15) is 0 Å². The molecule has 8 nitrogen and oxygen atoms in total. The quantitative estimate of drug-likeness (QED) is 0.586. The van der Waals surface area contributed by atoms with Crippen molar-refractivity contribution in [3.8, 4) is 0 Å². The highest BCUT2D eigenvalue weighted by Gasteiger charge is 2.32. The first kappa shape index (κ1) is 18.7. The zero-order valence-electron chi connectivity index (χ0n) is 13.8. The van der Waals surface area contributed by atoms with Gasteiger partial charge in [0, 0.05) is 6.20 Å². The standard InChI is InChI=1S/C16H18ClN3O5/c1-3-10-12(15(22)24-4-2)11(20-16(23)19-10)8-25-14(21)9-6-5-7-18-13(9)17/h5-7,10H,3-4,8H2,1-2H3,(H2,19,20,23)/t10-/m0/s1. The van der Waals surface area contributed by atoms with Gasteiger partial charge in [-0.05, 0) is 25.5 Å². The van der Waals surface area contributed by atoms with E-state index >= 15 is 0 Å². The molecule has 25 heavy (non-hydrogen) atoms. The average Bonchev–Trinajstić information content (AvgIpc) is 2.59. The Kier molecular flexibility index (Phi) is 6.35. The van der Waals surface area contributed by atoms with E-state index in [2.05, 4.69) is 15.6 Å². The highest BCUT2D eigenvalue weighted by Crippen LogP contribution is 2.18. The molecule has 0 aliphatic carbocycles. The summed E-state index contributed by atoms with van der Waals surface area (Å²) in [5, 5.41) is 5.14. The average molecular weight is 368 g/mol. The number of carbonyl (C=O) groups excluding carboxylic acids is 3. The van der Waals surface area contributed by atoms with Gasteiger partial charge in [0.2, 0.25) is 0 Å². The molecule has 0 spiro atoms. The number of aromatic nitrogens is 1. The van der Waals surface area contributed by atoms with Crippen LogP contribution in [0, 0.1) is 0 Å². The Morgan fingerprint density at radius 2 is 2.04 bits per heavy atom. The van der Waals surface area contributed by atoms with Gasteiger partial charge < -0.3 is 20.1 Å². The van der Waals surface area contributed by atoms with E-state index in [1.807, 2.05) is 6.92 Å². The molecule has 0 aromatic carbocycles. The summed E-state index contributed by atoms with van der Waals surface area (Å²) in [6, 6.07) is 2.01. The SMILES string of the molecule is CCOC(=O)C1=C(COC(=O)c2cccnc2Cl)NC(=O)N[C@H]1CC. The van der Waals surface area contributed by atoms with Gasteiger partial charge in [0.15, 0.2) is 0 Å². The van der Waals surface area contributed by atoms with E-state index in [0.717, 1.165) is 0 Å². The predicted molar refractivity (Wildman–Crippen MR) is 88.9 cm³/mol. The summed E-state index contributed by atoms with van der Waals surface area (Å²) in [6.07, 6.45) is 1.92. The molecule has 2 rings (SSSR count). The topological polar surface area (TPSA) is 107 Å². The molecule has 134 valence electrons. The Labute approximate surface area is 149 Å². The van der Waals surface area contributed by atoms with Crippen molar-refractivity contribution < 1.29 is 23.9 Å². The van der Waals surface area contributed by atoms with Gasteiger partial charge in [0.05, 0.1) is 29.5 Å². The van der Waals surface area contributed by atoms with E-state index in [9.17, 15) is 14.4 Å². The van der Waals surface area contributed by atoms with E-state index in [-0.39, 0.29) is 35.2 Å². The largest absolute Gasteiger partial charge is 0.463 e. The first-order chi connectivity index (χ1) is 12.0. The molecule has 1 aliphatic rings. The van der Waals surface area contributed by atoms with E-state index < -0.39 is 24.0 Å². The number of urea groups is 1. The number of carbonyl (C=O) groups is 3. The van der Waals surface area contributed by atoms with Gasteiger partial charge in [0.25, 0.3) is 0 Å². The van der Waals surface area contributed by atoms with Crippen molar-refractivity contribution in [2.75, 3.05) is 13.2 Å². The molecule has 0 bridgehead atoms. The minimum atomic E-state index is -0.713. The molecule has 1 aliphatic heterocycles. The number of esters is 2. The summed E-state index contributed by atoms with van der Waals surface area (Å²) >= 11 is 5.85. The van der Waals surface area contributed by atoms with Crippen LogP contribution in [0.3, 0.4) is 0 Å². The fourth-order valence-corrected chi connectivity index (χ4v) is 2.53. The van der Waals surface area contributed by atoms with Crippen LogP contribution in [0.2, 0.25) is 5.15 Å². The molecule has 0 radical (unpaired) electrons. The molecule has 1 aromatic rings. The van der Waals surface area contributed by atoms with Crippen LogP contribution in [0.25, 0.3) is 0 Å². The van der Waals surface area contributed by atoms with Crippen LogP contribution in [0.5, 0.6) is 0 Å². The molecule has 0 saturated carbocycles. The minimum Gasteiger partial charge on any atom is -0.463 e. The van der Waals surface area contributed by atoms with Crippen molar-refractivity contribution in [1.29, 1.82) is 0 Å². The van der Waals surface area contributed by atoms with Crippen LogP contribution in [0.4, 0.5) is 4.79 Å². The molecule has 0 unspecified atom stereocenters. The van der Waals surface area contributed by atoms with Crippen LogP contribution in [0.1, 0.15) is 30.6 Å². The third-order valence-corrected chi connectivity index (χ3v) is 3.77. The number of nitrogens with zero attached hydrogens (tertiary/aromatic N) is 1. The lowest BCUT2D eigenvalue weighted by Crippen LogP contribution is -2.51. The number of halogens is 1. The summed E-state index contributed by atoms with van der Waals surface area (Å²) < 4.78 is 10.2. The number of hydrogen-bond donors (Lipinski definition) is 2. The number of amides is 2. The Hall–Kier alpha value is -2.61. The molecule has 2 N–H and O–H groups in total. The lowest BCUT2D eigenvalue weighted by Gasteiger charge is -2.28. The van der Waals surface area contributed by atoms with Gasteiger partial charge in [-0.15, -0.1) is 0 Å². The van der Waals surface area contributed by atoms with E-state index in [1.54, 1.807) is 13.0 Å². The second-order valence-corrected chi connectivity index (χ2v) is 5.45. The summed E-state index contributed by atoms with van der Waals surface area (Å²) in [5.41, 5.74) is 0.506. The fraction of sp³-hybridized carbons (Fsp3) is 0.375. The van der Waals surface area contributed by atoms with E-state index in [4.69, 9.17) is 21.1 Å². The first-order valence-electron chi connectivity index (χ1n) is 7.73. The Bertz CT molecular complexity index is 719. The summed E-state index contributed by atoms with van der Waals surface area (Å²) in [6.45, 7) is 3.38. The molecule has 9 heteroatoms. The Balaban J connectivity index is 2.22. The van der Waals surface area contributed by atoms with Crippen molar-refractivity contribution in [3.05, 3.63) is 40.3 Å². The zero-order valence-corrected chi connectivity index (χ0v) is 14.6. The maximum atomic E-state index is 12.2. The van der Waals surface area contributed by atoms with Crippen molar-refractivity contribution in [2.45, 2.75) is 26.3 Å². The maximum absolute atomic E-state index is 12.2. The Morgan fingerprint density at radius 1 is 1.28 bits per heavy atom. The summed E-state index contributed by atoms with van der Waals surface area (Å²) in [7, 11) is 0. The number of pyridine rings is 1. The van der Waals surface area contributed by atoms with Crippen molar-refractivity contribution in [2.24, 2.45) is 0 Å². The fourth-order valence-electron chi connectivity index (χ4n) is 2.33. The van der Waals surface area contributed by atoms with Crippen molar-refractivity contribution in [3.63, 3.8) is 0 Å². The van der Waals surface area contributed by atoms with Gasteiger partial charge in [-0.3, -0.25) is 0 Å². The number of hydrogen-bond acceptors (Lipinski definition) is 6. The molecule has 1 atom stereocenters. The van der Waals surface area contributed by atoms with Crippen LogP contribution in [-0.4, -0.2) is 42.2 Å². The molecular weight excluding hydrogens is 350 g/mol. The van der Waals surface area contributed by atoms with Gasteiger partial charge in [0.1, 0.15) is 11.8 Å². The number of rotatable bonds is 6. The molecule has 2 heterocycles. The predicted octanol–water partition coefficient (Wildman–Crippen LogP) is 1.80. The van der Waals surface area contributed by atoms with Gasteiger partial charge in [-0.1, -0.05) is 18.5 Å². The summed E-state index contributed by atoms with van der Waals surface area (Å²) in [5.74, 6) is -1.29. The monoisotopic (exact) mass is 367 g/mol. The zero-order chi connectivity index (χ0) is 18.4. The molecule has 2 amide bonds.